The van der Waals surface area contributed by atoms with E-state index in [0.717, 1.165) is 49.6 Å². The Morgan fingerprint density at radius 2 is 2.15 bits per heavy atom. The van der Waals surface area contributed by atoms with E-state index in [1.54, 1.807) is 0 Å². The molecule has 1 aliphatic rings. The van der Waals surface area contributed by atoms with Crippen LogP contribution in [0.25, 0.3) is 0 Å². The minimum absolute atomic E-state index is 0.483. The zero-order chi connectivity index (χ0) is 18.5. The van der Waals surface area contributed by atoms with Crippen molar-refractivity contribution in [3.8, 4) is 5.75 Å². The molecule has 0 saturated carbocycles. The number of halogens is 1. The van der Waals surface area contributed by atoms with Crippen molar-refractivity contribution in [3.05, 3.63) is 76.8 Å². The monoisotopic (exact) mass is 382 g/mol. The summed E-state index contributed by atoms with van der Waals surface area (Å²) >= 11 is 6.11. The largest absolute Gasteiger partial charge is 0.492 e. The van der Waals surface area contributed by atoms with E-state index in [0.29, 0.717) is 17.5 Å². The van der Waals surface area contributed by atoms with Crippen molar-refractivity contribution in [2.45, 2.75) is 25.3 Å². The Kier molecular flexibility index (Phi) is 5.70. The highest BCUT2D eigenvalue weighted by atomic mass is 35.5. The van der Waals surface area contributed by atoms with Crippen LogP contribution in [0.1, 0.15) is 29.3 Å². The van der Waals surface area contributed by atoms with E-state index >= 15 is 0 Å². The maximum atomic E-state index is 6.11. The van der Waals surface area contributed by atoms with Crippen LogP contribution in [0.2, 0.25) is 5.02 Å². The predicted octanol–water partition coefficient (Wildman–Crippen LogP) is 4.07. The Hall–Kier alpha value is -2.37. The van der Waals surface area contributed by atoms with E-state index in [1.165, 1.54) is 5.56 Å². The number of nitrogens with one attached hydrogen (secondary N) is 1. The summed E-state index contributed by atoms with van der Waals surface area (Å²) in [5.74, 6) is 1.21. The number of hydrogen-bond donors (Lipinski definition) is 1. The highest BCUT2D eigenvalue weighted by Crippen LogP contribution is 2.27. The molecule has 3 aromatic rings. The van der Waals surface area contributed by atoms with E-state index in [4.69, 9.17) is 16.3 Å². The molecule has 1 aromatic carbocycles. The van der Waals surface area contributed by atoms with Crippen LogP contribution >= 0.6 is 11.6 Å². The van der Waals surface area contributed by atoms with Crippen LogP contribution in [0.5, 0.6) is 5.75 Å². The van der Waals surface area contributed by atoms with Gasteiger partial charge in [0, 0.05) is 43.5 Å². The molecule has 1 saturated heterocycles. The van der Waals surface area contributed by atoms with Gasteiger partial charge in [0.15, 0.2) is 0 Å². The molecule has 140 valence electrons. The van der Waals surface area contributed by atoms with Crippen molar-refractivity contribution >= 4 is 11.6 Å². The molecule has 0 radical (unpaired) electrons. The van der Waals surface area contributed by atoms with Gasteiger partial charge in [-0.05, 0) is 42.8 Å². The van der Waals surface area contributed by atoms with Crippen molar-refractivity contribution in [2.24, 2.45) is 0 Å². The van der Waals surface area contributed by atoms with Gasteiger partial charge in [0.2, 0.25) is 0 Å². The first-order valence-electron chi connectivity index (χ1n) is 9.31. The number of aromatic nitrogens is 3. The maximum absolute atomic E-state index is 6.11. The number of para-hydroxylation sites is 1. The fraction of sp³-hybridized carbons (Fsp3) is 0.333. The topological polar surface area (TPSA) is 54.0 Å². The number of aromatic amines is 1. The third-order valence-electron chi connectivity index (χ3n) is 4.94. The summed E-state index contributed by atoms with van der Waals surface area (Å²) in [6, 6.07) is 13.8. The quantitative estimate of drug-likeness (QED) is 0.669. The minimum atomic E-state index is 0.483. The highest BCUT2D eigenvalue weighted by molar-refractivity contribution is 6.32. The standard InChI is InChI=1S/C21H23ClN4O/c22-19-5-1-2-6-21(19)27-11-8-18-12-20(25-24-18)17-7-10-26(15-17)14-16-4-3-9-23-13-16/h1-6,9,12-13,17H,7-8,10-11,14-15H2,(H,24,25)/t17-/m0/s1. The fourth-order valence-electron chi connectivity index (χ4n) is 3.52. The molecular weight excluding hydrogens is 360 g/mol. The first kappa shape index (κ1) is 18.0. The molecular formula is C21H23ClN4O. The summed E-state index contributed by atoms with van der Waals surface area (Å²) in [5.41, 5.74) is 3.51. The van der Waals surface area contributed by atoms with Gasteiger partial charge in [-0.1, -0.05) is 29.8 Å². The lowest BCUT2D eigenvalue weighted by atomic mass is 10.0. The molecule has 2 aromatic heterocycles. The Labute approximate surface area is 164 Å². The number of likely N-dealkylation sites (tertiary alicyclic amines) is 1. The van der Waals surface area contributed by atoms with Gasteiger partial charge in [-0.25, -0.2) is 0 Å². The van der Waals surface area contributed by atoms with Crippen molar-refractivity contribution in [2.75, 3.05) is 19.7 Å². The molecule has 1 atom stereocenters. The zero-order valence-corrected chi connectivity index (χ0v) is 15.9. The van der Waals surface area contributed by atoms with E-state index in [2.05, 4.69) is 32.2 Å². The zero-order valence-electron chi connectivity index (χ0n) is 15.1. The van der Waals surface area contributed by atoms with Gasteiger partial charge in [0.05, 0.1) is 17.3 Å². The molecule has 0 spiro atoms. The van der Waals surface area contributed by atoms with E-state index in [9.17, 15) is 0 Å². The number of rotatable bonds is 7. The molecule has 0 aliphatic carbocycles. The predicted molar refractivity (Wildman–Crippen MR) is 106 cm³/mol. The van der Waals surface area contributed by atoms with Crippen LogP contribution < -0.4 is 4.74 Å². The second kappa shape index (κ2) is 8.55. The summed E-state index contributed by atoms with van der Waals surface area (Å²) in [6.07, 6.45) is 5.68. The first-order chi connectivity index (χ1) is 13.3. The van der Waals surface area contributed by atoms with E-state index in [1.807, 2.05) is 42.7 Å². The van der Waals surface area contributed by atoms with E-state index < -0.39 is 0 Å². The molecule has 1 fully saturated rings. The van der Waals surface area contributed by atoms with Gasteiger partial charge in [0.25, 0.3) is 0 Å². The molecule has 5 nitrogen and oxygen atoms in total. The lowest BCUT2D eigenvalue weighted by Crippen LogP contribution is -2.19. The van der Waals surface area contributed by atoms with Crippen molar-refractivity contribution in [1.82, 2.24) is 20.1 Å². The molecule has 3 heterocycles. The lowest BCUT2D eigenvalue weighted by molar-refractivity contribution is 0.320. The van der Waals surface area contributed by atoms with Crippen molar-refractivity contribution < 1.29 is 4.74 Å². The number of H-pyrrole nitrogens is 1. The van der Waals surface area contributed by atoms with Crippen LogP contribution in [0.3, 0.4) is 0 Å². The molecule has 27 heavy (non-hydrogen) atoms. The fourth-order valence-corrected chi connectivity index (χ4v) is 3.71. The molecule has 1 N–H and O–H groups in total. The van der Waals surface area contributed by atoms with Gasteiger partial charge >= 0.3 is 0 Å². The van der Waals surface area contributed by atoms with Crippen molar-refractivity contribution in [3.63, 3.8) is 0 Å². The molecule has 0 unspecified atom stereocenters. The third-order valence-corrected chi connectivity index (χ3v) is 5.25. The van der Waals surface area contributed by atoms with Gasteiger partial charge < -0.3 is 4.74 Å². The summed E-state index contributed by atoms with van der Waals surface area (Å²) in [5, 5.41) is 8.33. The molecule has 0 amide bonds. The smallest absolute Gasteiger partial charge is 0.137 e. The summed E-state index contributed by atoms with van der Waals surface area (Å²) in [6.45, 7) is 3.66. The average Bonchev–Trinajstić information content (AvgIpc) is 3.34. The number of ether oxygens (including phenoxy) is 1. The Bertz CT molecular complexity index is 867. The van der Waals surface area contributed by atoms with Crippen LogP contribution in [-0.2, 0) is 13.0 Å². The number of hydrogen-bond acceptors (Lipinski definition) is 4. The number of nitrogens with zero attached hydrogens (tertiary/aromatic N) is 3. The average molecular weight is 383 g/mol. The lowest BCUT2D eigenvalue weighted by Gasteiger charge is -2.15. The SMILES string of the molecule is Clc1ccccc1OCCc1cc([C@H]2CCN(Cc3cccnc3)C2)n[nH]1. The number of benzene rings is 1. The van der Waals surface area contributed by atoms with Crippen LogP contribution in [0, 0.1) is 0 Å². The molecule has 1 aliphatic heterocycles. The van der Waals surface area contributed by atoms with Gasteiger partial charge in [-0.2, -0.15) is 5.10 Å². The van der Waals surface area contributed by atoms with Crippen LogP contribution in [-0.4, -0.2) is 39.8 Å². The summed E-state index contributed by atoms with van der Waals surface area (Å²) < 4.78 is 5.77. The van der Waals surface area contributed by atoms with Crippen LogP contribution in [0.15, 0.2) is 54.9 Å². The van der Waals surface area contributed by atoms with Crippen molar-refractivity contribution in [1.29, 1.82) is 0 Å². The normalized spacial score (nSPS) is 17.3. The number of pyridine rings is 1. The third kappa shape index (κ3) is 4.67. The van der Waals surface area contributed by atoms with E-state index in [-0.39, 0.29) is 0 Å². The maximum Gasteiger partial charge on any atom is 0.137 e. The molecule has 6 heteroatoms. The van der Waals surface area contributed by atoms with Gasteiger partial charge in [-0.15, -0.1) is 0 Å². The second-order valence-electron chi connectivity index (χ2n) is 6.93. The Balaban J connectivity index is 1.27. The summed E-state index contributed by atoms with van der Waals surface area (Å²) in [7, 11) is 0. The minimum Gasteiger partial charge on any atom is -0.492 e. The Morgan fingerprint density at radius 1 is 1.22 bits per heavy atom. The van der Waals surface area contributed by atoms with Gasteiger partial charge in [-0.3, -0.25) is 15.0 Å². The van der Waals surface area contributed by atoms with Gasteiger partial charge in [0.1, 0.15) is 5.75 Å². The van der Waals surface area contributed by atoms with Crippen LogP contribution in [0.4, 0.5) is 0 Å². The highest BCUT2D eigenvalue weighted by Gasteiger charge is 2.25. The Morgan fingerprint density at radius 3 is 3.00 bits per heavy atom. The first-order valence-corrected chi connectivity index (χ1v) is 9.68. The molecule has 0 bridgehead atoms. The molecule has 4 rings (SSSR count). The second-order valence-corrected chi connectivity index (χ2v) is 7.34. The summed E-state index contributed by atoms with van der Waals surface area (Å²) in [4.78, 5) is 6.67.